The number of benzene rings is 2. The number of nitrogens with one attached hydrogen (secondary N) is 2. The maximum absolute atomic E-state index is 12.2. The molecule has 1 heterocycles. The molecule has 0 aromatic heterocycles. The summed E-state index contributed by atoms with van der Waals surface area (Å²) in [5, 5.41) is 6.28. The van der Waals surface area contributed by atoms with Gasteiger partial charge in [-0.15, -0.1) is 0 Å². The molecule has 0 unspecified atom stereocenters. The molecule has 0 saturated carbocycles. The number of likely N-dealkylation sites (tertiary alicyclic amines) is 1. The number of hydrogen-bond acceptors (Lipinski definition) is 3. The third-order valence-corrected chi connectivity index (χ3v) is 4.73. The highest BCUT2D eigenvalue weighted by Gasteiger charge is 2.24. The fourth-order valence-electron chi connectivity index (χ4n) is 2.92. The van der Waals surface area contributed by atoms with Crippen LogP contribution in [0.25, 0.3) is 0 Å². The zero-order valence-electron chi connectivity index (χ0n) is 14.9. The van der Waals surface area contributed by atoms with Crippen LogP contribution in [-0.4, -0.2) is 36.7 Å². The maximum atomic E-state index is 12.2. The lowest BCUT2D eigenvalue weighted by molar-refractivity contribution is 0.130. The van der Waals surface area contributed by atoms with E-state index in [0.29, 0.717) is 42.0 Å². The van der Waals surface area contributed by atoms with E-state index in [1.54, 1.807) is 41.3 Å². The van der Waals surface area contributed by atoms with Gasteiger partial charge in [-0.25, -0.2) is 9.59 Å². The molecule has 3 amide bonds. The van der Waals surface area contributed by atoms with Gasteiger partial charge in [0.05, 0.1) is 0 Å². The Kier molecular flexibility index (Phi) is 6.54. The molecule has 2 N–H and O–H groups in total. The fourth-order valence-corrected chi connectivity index (χ4v) is 3.05. The predicted molar refractivity (Wildman–Crippen MR) is 105 cm³/mol. The minimum Gasteiger partial charge on any atom is -0.410 e. The number of para-hydroxylation sites is 1. The SMILES string of the molecule is O=C(NCC1CCN(C(=O)Oc2ccccc2)CC1)Nc1ccc(Cl)cc1. The maximum Gasteiger partial charge on any atom is 0.415 e. The number of halogens is 1. The van der Waals surface area contributed by atoms with Crippen LogP contribution >= 0.6 is 11.6 Å². The molecule has 7 heteroatoms. The number of urea groups is 1. The average molecular weight is 388 g/mol. The first-order chi connectivity index (χ1) is 13.1. The number of anilines is 1. The summed E-state index contributed by atoms with van der Waals surface area (Å²) in [6.45, 7) is 1.81. The second-order valence-corrected chi connectivity index (χ2v) is 6.89. The average Bonchev–Trinajstić information content (AvgIpc) is 2.69. The molecule has 0 aliphatic carbocycles. The molecule has 1 aliphatic rings. The Hall–Kier alpha value is -2.73. The van der Waals surface area contributed by atoms with Crippen molar-refractivity contribution in [3.63, 3.8) is 0 Å². The van der Waals surface area contributed by atoms with Gasteiger partial charge in [-0.3, -0.25) is 0 Å². The minimum atomic E-state index is -0.326. The summed E-state index contributed by atoms with van der Waals surface area (Å²) in [4.78, 5) is 25.9. The largest absolute Gasteiger partial charge is 0.415 e. The number of hydrogen-bond donors (Lipinski definition) is 2. The van der Waals surface area contributed by atoms with Gasteiger partial charge in [0.15, 0.2) is 0 Å². The second kappa shape index (κ2) is 9.28. The van der Waals surface area contributed by atoms with Crippen LogP contribution in [0.15, 0.2) is 54.6 Å². The number of piperidine rings is 1. The van der Waals surface area contributed by atoms with Crippen LogP contribution in [0.1, 0.15) is 12.8 Å². The highest BCUT2D eigenvalue weighted by molar-refractivity contribution is 6.30. The Labute approximate surface area is 163 Å². The van der Waals surface area contributed by atoms with Crippen molar-refractivity contribution in [3.05, 3.63) is 59.6 Å². The van der Waals surface area contributed by atoms with E-state index in [-0.39, 0.29) is 12.1 Å². The number of carbonyl (C=O) groups is 2. The summed E-state index contributed by atoms with van der Waals surface area (Å²) < 4.78 is 5.36. The lowest BCUT2D eigenvalue weighted by atomic mass is 9.97. The molecule has 1 saturated heterocycles. The van der Waals surface area contributed by atoms with E-state index in [9.17, 15) is 9.59 Å². The Bertz CT molecular complexity index is 760. The van der Waals surface area contributed by atoms with Crippen molar-refractivity contribution in [1.29, 1.82) is 0 Å². The molecule has 0 radical (unpaired) electrons. The van der Waals surface area contributed by atoms with E-state index in [0.717, 1.165) is 12.8 Å². The molecular weight excluding hydrogens is 366 g/mol. The van der Waals surface area contributed by atoms with Crippen LogP contribution in [0, 0.1) is 5.92 Å². The van der Waals surface area contributed by atoms with Gasteiger partial charge in [0.2, 0.25) is 0 Å². The van der Waals surface area contributed by atoms with Crippen molar-refractivity contribution in [2.45, 2.75) is 12.8 Å². The van der Waals surface area contributed by atoms with Crippen molar-refractivity contribution in [3.8, 4) is 5.75 Å². The van der Waals surface area contributed by atoms with Crippen LogP contribution in [0.5, 0.6) is 5.75 Å². The van der Waals surface area contributed by atoms with Gasteiger partial charge >= 0.3 is 12.1 Å². The highest BCUT2D eigenvalue weighted by atomic mass is 35.5. The number of ether oxygens (including phenoxy) is 1. The van der Waals surface area contributed by atoms with E-state index < -0.39 is 0 Å². The summed E-state index contributed by atoms with van der Waals surface area (Å²) >= 11 is 5.83. The highest BCUT2D eigenvalue weighted by Crippen LogP contribution is 2.19. The van der Waals surface area contributed by atoms with Crippen LogP contribution in [0.2, 0.25) is 5.02 Å². The summed E-state index contributed by atoms with van der Waals surface area (Å²) in [6, 6.07) is 15.7. The standard InChI is InChI=1S/C20H22ClN3O3/c21-16-6-8-17(9-7-16)23-19(25)22-14-15-10-12-24(13-11-15)20(26)27-18-4-2-1-3-5-18/h1-9,15H,10-14H2,(H2,22,23,25). The Balaban J connectivity index is 1.37. The second-order valence-electron chi connectivity index (χ2n) is 6.45. The van der Waals surface area contributed by atoms with Gasteiger partial charge < -0.3 is 20.3 Å². The molecule has 6 nitrogen and oxygen atoms in total. The molecular formula is C20H22ClN3O3. The van der Waals surface area contributed by atoms with Crippen LogP contribution in [0.4, 0.5) is 15.3 Å². The molecule has 1 fully saturated rings. The van der Waals surface area contributed by atoms with E-state index in [1.165, 1.54) is 0 Å². The van der Waals surface area contributed by atoms with Crippen molar-refractivity contribution in [2.24, 2.45) is 5.92 Å². The van der Waals surface area contributed by atoms with E-state index >= 15 is 0 Å². The molecule has 3 rings (SSSR count). The topological polar surface area (TPSA) is 70.7 Å². The Morgan fingerprint density at radius 1 is 1.04 bits per heavy atom. The van der Waals surface area contributed by atoms with E-state index in [1.807, 2.05) is 18.2 Å². The lowest BCUT2D eigenvalue weighted by Gasteiger charge is -2.31. The predicted octanol–water partition coefficient (Wildman–Crippen LogP) is 4.37. The summed E-state index contributed by atoms with van der Waals surface area (Å²) in [6.07, 6.45) is 1.32. The third-order valence-electron chi connectivity index (χ3n) is 4.47. The quantitative estimate of drug-likeness (QED) is 0.818. The van der Waals surface area contributed by atoms with E-state index in [2.05, 4.69) is 10.6 Å². The van der Waals surface area contributed by atoms with Gasteiger partial charge in [-0.1, -0.05) is 29.8 Å². The number of amides is 3. The first-order valence-electron chi connectivity index (χ1n) is 8.92. The van der Waals surface area contributed by atoms with Crippen LogP contribution < -0.4 is 15.4 Å². The van der Waals surface area contributed by atoms with Gasteiger partial charge in [0.25, 0.3) is 0 Å². The Morgan fingerprint density at radius 3 is 2.37 bits per heavy atom. The summed E-state index contributed by atoms with van der Waals surface area (Å²) in [5.74, 6) is 0.881. The fraction of sp³-hybridized carbons (Fsp3) is 0.300. The Morgan fingerprint density at radius 2 is 1.70 bits per heavy atom. The molecule has 2 aromatic carbocycles. The summed E-state index contributed by atoms with van der Waals surface area (Å²) in [5.41, 5.74) is 0.690. The van der Waals surface area contributed by atoms with Crippen molar-refractivity contribution >= 4 is 29.4 Å². The van der Waals surface area contributed by atoms with Crippen molar-refractivity contribution < 1.29 is 14.3 Å². The molecule has 0 bridgehead atoms. The molecule has 0 spiro atoms. The van der Waals surface area contributed by atoms with Gasteiger partial charge in [0.1, 0.15) is 5.75 Å². The number of nitrogens with zero attached hydrogens (tertiary/aromatic N) is 1. The van der Waals surface area contributed by atoms with E-state index in [4.69, 9.17) is 16.3 Å². The first-order valence-corrected chi connectivity index (χ1v) is 9.30. The van der Waals surface area contributed by atoms with Crippen LogP contribution in [-0.2, 0) is 0 Å². The third kappa shape index (κ3) is 5.89. The number of carbonyl (C=O) groups excluding carboxylic acids is 2. The monoisotopic (exact) mass is 387 g/mol. The molecule has 0 atom stereocenters. The molecule has 2 aromatic rings. The van der Waals surface area contributed by atoms with Crippen molar-refractivity contribution in [2.75, 3.05) is 25.0 Å². The first kappa shape index (κ1) is 19.0. The van der Waals surface area contributed by atoms with Gasteiger partial charge in [-0.2, -0.15) is 0 Å². The summed E-state index contributed by atoms with van der Waals surface area (Å²) in [7, 11) is 0. The zero-order valence-corrected chi connectivity index (χ0v) is 15.6. The van der Waals surface area contributed by atoms with Crippen molar-refractivity contribution in [1.82, 2.24) is 10.2 Å². The minimum absolute atomic E-state index is 0.247. The molecule has 27 heavy (non-hydrogen) atoms. The van der Waals surface area contributed by atoms with Crippen LogP contribution in [0.3, 0.4) is 0 Å². The number of rotatable bonds is 4. The van der Waals surface area contributed by atoms with Gasteiger partial charge in [0, 0.05) is 30.3 Å². The van der Waals surface area contributed by atoms with Gasteiger partial charge in [-0.05, 0) is 55.2 Å². The normalized spacial score (nSPS) is 14.5. The zero-order chi connectivity index (χ0) is 19.1. The molecule has 142 valence electrons. The molecule has 1 aliphatic heterocycles. The smallest absolute Gasteiger partial charge is 0.410 e. The lowest BCUT2D eigenvalue weighted by Crippen LogP contribution is -2.43.